The second-order valence-electron chi connectivity index (χ2n) is 6.39. The number of carbonyl (C=O) groups is 2. The first-order valence-electron chi connectivity index (χ1n) is 9.51. The summed E-state index contributed by atoms with van der Waals surface area (Å²) in [7, 11) is 0. The normalized spacial score (nSPS) is 10.6. The summed E-state index contributed by atoms with van der Waals surface area (Å²) in [6, 6.07) is 6.83. The number of H-pyrrole nitrogens is 1. The summed E-state index contributed by atoms with van der Waals surface area (Å²) in [4.78, 5) is 52.7. The number of nitrogen functional groups attached to an aromatic ring is 1. The first kappa shape index (κ1) is 21.9. The molecule has 1 aromatic carbocycles. The van der Waals surface area contributed by atoms with E-state index in [4.69, 9.17) is 10.5 Å². The van der Waals surface area contributed by atoms with Crippen LogP contribution in [0, 0.1) is 0 Å². The average molecular weight is 402 g/mol. The average Bonchev–Trinajstić information content (AvgIpc) is 2.70. The first-order chi connectivity index (χ1) is 13.8. The minimum Gasteiger partial charge on any atom is -0.454 e. The van der Waals surface area contributed by atoms with Crippen molar-refractivity contribution in [2.24, 2.45) is 0 Å². The van der Waals surface area contributed by atoms with Crippen molar-refractivity contribution in [2.45, 2.75) is 33.7 Å². The van der Waals surface area contributed by atoms with Gasteiger partial charge in [-0.05, 0) is 44.5 Å². The number of carbonyl (C=O) groups excluding carboxylic acids is 2. The van der Waals surface area contributed by atoms with Crippen LogP contribution in [0.2, 0.25) is 0 Å². The van der Waals surface area contributed by atoms with Crippen LogP contribution < -0.4 is 21.9 Å². The molecule has 1 aromatic heterocycles. The zero-order chi connectivity index (χ0) is 21.6. The van der Waals surface area contributed by atoms with Crippen LogP contribution in [-0.4, -0.2) is 41.0 Å². The van der Waals surface area contributed by atoms with E-state index in [0.717, 1.165) is 23.3 Å². The molecular weight excluding hydrogens is 376 g/mol. The predicted molar refractivity (Wildman–Crippen MR) is 111 cm³/mol. The summed E-state index contributed by atoms with van der Waals surface area (Å²) in [5.41, 5.74) is 5.12. The van der Waals surface area contributed by atoms with Gasteiger partial charge in [0.15, 0.2) is 6.61 Å². The molecule has 0 saturated heterocycles. The number of nitrogens with two attached hydrogens (primary N) is 1. The van der Waals surface area contributed by atoms with E-state index in [1.165, 1.54) is 0 Å². The van der Waals surface area contributed by atoms with Crippen molar-refractivity contribution in [3.05, 3.63) is 56.2 Å². The molecule has 0 fully saturated rings. The number of ketones is 1. The SMILES string of the molecule is CCCn1c(N)c(C(=O)COC(=O)c2ccc(N(CC)CC)cc2)c(=O)[nH]c1=O. The lowest BCUT2D eigenvalue weighted by Crippen LogP contribution is -2.37. The molecule has 0 spiro atoms. The van der Waals surface area contributed by atoms with E-state index < -0.39 is 29.6 Å². The molecule has 0 aliphatic heterocycles. The van der Waals surface area contributed by atoms with Crippen LogP contribution in [-0.2, 0) is 11.3 Å². The van der Waals surface area contributed by atoms with Gasteiger partial charge in [-0.15, -0.1) is 0 Å². The number of nitrogens with zero attached hydrogens (tertiary/aromatic N) is 2. The van der Waals surface area contributed by atoms with Crippen molar-refractivity contribution in [1.29, 1.82) is 0 Å². The summed E-state index contributed by atoms with van der Waals surface area (Å²) in [5.74, 6) is -1.70. The molecule has 1 heterocycles. The fourth-order valence-electron chi connectivity index (χ4n) is 2.99. The number of hydrogen-bond donors (Lipinski definition) is 2. The molecule has 0 bridgehead atoms. The molecule has 0 atom stereocenters. The third-order valence-electron chi connectivity index (χ3n) is 4.53. The summed E-state index contributed by atoms with van der Waals surface area (Å²) in [6.45, 7) is 7.17. The second kappa shape index (κ2) is 9.72. The van der Waals surface area contributed by atoms with Gasteiger partial charge >= 0.3 is 11.7 Å². The molecule has 9 heteroatoms. The van der Waals surface area contributed by atoms with E-state index in [-0.39, 0.29) is 23.5 Å². The van der Waals surface area contributed by atoms with Crippen LogP contribution in [0.3, 0.4) is 0 Å². The Labute approximate surface area is 168 Å². The van der Waals surface area contributed by atoms with Gasteiger partial charge in [0.05, 0.1) is 5.56 Å². The number of rotatable bonds is 9. The van der Waals surface area contributed by atoms with Gasteiger partial charge in [-0.1, -0.05) is 6.92 Å². The van der Waals surface area contributed by atoms with Crippen molar-refractivity contribution in [1.82, 2.24) is 9.55 Å². The largest absolute Gasteiger partial charge is 0.454 e. The van der Waals surface area contributed by atoms with Gasteiger partial charge in [0, 0.05) is 25.3 Å². The minimum atomic E-state index is -0.899. The molecule has 0 unspecified atom stereocenters. The van der Waals surface area contributed by atoms with Crippen molar-refractivity contribution in [2.75, 3.05) is 30.3 Å². The Hall–Kier alpha value is -3.36. The number of anilines is 2. The molecule has 0 radical (unpaired) electrons. The third kappa shape index (κ3) is 4.92. The molecule has 2 aromatic rings. The maximum Gasteiger partial charge on any atom is 0.338 e. The van der Waals surface area contributed by atoms with Crippen LogP contribution in [0.15, 0.2) is 33.9 Å². The zero-order valence-corrected chi connectivity index (χ0v) is 16.9. The number of esters is 1. The van der Waals surface area contributed by atoms with Gasteiger partial charge in [-0.2, -0.15) is 0 Å². The van der Waals surface area contributed by atoms with Crippen LogP contribution in [0.5, 0.6) is 0 Å². The number of ether oxygens (including phenoxy) is 1. The van der Waals surface area contributed by atoms with Gasteiger partial charge in [0.1, 0.15) is 11.4 Å². The van der Waals surface area contributed by atoms with Gasteiger partial charge < -0.3 is 15.4 Å². The highest BCUT2D eigenvalue weighted by Crippen LogP contribution is 2.15. The fraction of sp³-hybridized carbons (Fsp3) is 0.400. The lowest BCUT2D eigenvalue weighted by Gasteiger charge is -2.20. The minimum absolute atomic E-state index is 0.231. The van der Waals surface area contributed by atoms with Gasteiger partial charge in [-0.25, -0.2) is 9.59 Å². The summed E-state index contributed by atoms with van der Waals surface area (Å²) >= 11 is 0. The Balaban J connectivity index is 2.13. The molecule has 0 saturated carbocycles. The second-order valence-corrected chi connectivity index (χ2v) is 6.39. The van der Waals surface area contributed by atoms with E-state index in [1.807, 2.05) is 20.8 Å². The summed E-state index contributed by atoms with van der Waals surface area (Å²) < 4.78 is 6.15. The Morgan fingerprint density at radius 2 is 1.72 bits per heavy atom. The Kier molecular flexibility index (Phi) is 7.35. The highest BCUT2D eigenvalue weighted by atomic mass is 16.5. The molecule has 156 valence electrons. The fourth-order valence-corrected chi connectivity index (χ4v) is 2.99. The molecule has 0 amide bonds. The molecule has 0 aliphatic carbocycles. The van der Waals surface area contributed by atoms with Crippen LogP contribution in [0.1, 0.15) is 47.9 Å². The van der Waals surface area contributed by atoms with Crippen molar-refractivity contribution >= 4 is 23.3 Å². The van der Waals surface area contributed by atoms with Crippen LogP contribution in [0.25, 0.3) is 0 Å². The molecule has 0 aliphatic rings. The number of benzene rings is 1. The number of hydrogen-bond acceptors (Lipinski definition) is 7. The van der Waals surface area contributed by atoms with Crippen molar-refractivity contribution in [3.8, 4) is 0 Å². The molecular formula is C20H26N4O5. The lowest BCUT2D eigenvalue weighted by molar-refractivity contribution is 0.0474. The first-order valence-corrected chi connectivity index (χ1v) is 9.51. The monoisotopic (exact) mass is 402 g/mol. The van der Waals surface area contributed by atoms with Gasteiger partial charge in [0.25, 0.3) is 5.56 Å². The van der Waals surface area contributed by atoms with Crippen molar-refractivity contribution < 1.29 is 14.3 Å². The van der Waals surface area contributed by atoms with Gasteiger partial charge in [-0.3, -0.25) is 19.1 Å². The maximum atomic E-state index is 12.4. The quantitative estimate of drug-likeness (QED) is 0.479. The lowest BCUT2D eigenvalue weighted by atomic mass is 10.2. The number of aromatic amines is 1. The highest BCUT2D eigenvalue weighted by molar-refractivity contribution is 6.02. The molecule has 29 heavy (non-hydrogen) atoms. The molecule has 2 rings (SSSR count). The van der Waals surface area contributed by atoms with Crippen LogP contribution in [0.4, 0.5) is 11.5 Å². The van der Waals surface area contributed by atoms with Crippen molar-refractivity contribution in [3.63, 3.8) is 0 Å². The zero-order valence-electron chi connectivity index (χ0n) is 16.9. The van der Waals surface area contributed by atoms with E-state index in [0.29, 0.717) is 6.42 Å². The van der Waals surface area contributed by atoms with Gasteiger partial charge in [0.2, 0.25) is 5.78 Å². The highest BCUT2D eigenvalue weighted by Gasteiger charge is 2.21. The Bertz CT molecular complexity index is 987. The van der Waals surface area contributed by atoms with E-state index in [9.17, 15) is 19.2 Å². The summed E-state index contributed by atoms with van der Waals surface area (Å²) in [5, 5.41) is 0. The molecule has 3 N–H and O–H groups in total. The number of nitrogens with one attached hydrogen (secondary N) is 1. The smallest absolute Gasteiger partial charge is 0.338 e. The number of aromatic nitrogens is 2. The predicted octanol–water partition coefficient (Wildman–Crippen LogP) is 1.41. The standard InChI is InChI=1S/C20H26N4O5/c1-4-11-24-17(21)16(18(26)22-20(24)28)15(25)12-29-19(27)13-7-9-14(10-8-13)23(5-2)6-3/h7-10H,4-6,11-12,21H2,1-3H3,(H,22,26,28). The third-order valence-corrected chi connectivity index (χ3v) is 4.53. The van der Waals surface area contributed by atoms with Crippen LogP contribution >= 0.6 is 0 Å². The Morgan fingerprint density at radius 1 is 1.10 bits per heavy atom. The Morgan fingerprint density at radius 3 is 2.28 bits per heavy atom. The van der Waals surface area contributed by atoms with E-state index in [2.05, 4.69) is 9.88 Å². The summed E-state index contributed by atoms with van der Waals surface area (Å²) in [6.07, 6.45) is 0.586. The molecule has 9 nitrogen and oxygen atoms in total. The van der Waals surface area contributed by atoms with E-state index >= 15 is 0 Å². The maximum absolute atomic E-state index is 12.4. The van der Waals surface area contributed by atoms with E-state index in [1.54, 1.807) is 24.3 Å². The number of Topliss-reactive ketones (excluding diaryl/α,β-unsaturated/α-hetero) is 1. The topological polar surface area (TPSA) is 127 Å².